The van der Waals surface area contributed by atoms with Crippen LogP contribution < -0.4 is 9.62 Å². The largest absolute Gasteiger partial charge is 0.354 e. The second-order valence-corrected chi connectivity index (χ2v) is 11.6. The lowest BCUT2D eigenvalue weighted by molar-refractivity contribution is -0.140. The topological polar surface area (TPSA) is 86.8 Å². The maximum atomic E-state index is 13.7. The summed E-state index contributed by atoms with van der Waals surface area (Å²) in [5.74, 6) is -0.640. The number of sulfonamides is 1. The first kappa shape index (κ1) is 28.9. The summed E-state index contributed by atoms with van der Waals surface area (Å²) in [6, 6.07) is 11.0. The van der Waals surface area contributed by atoms with E-state index in [2.05, 4.69) is 5.32 Å². The van der Waals surface area contributed by atoms with Crippen molar-refractivity contribution < 1.29 is 18.0 Å². The summed E-state index contributed by atoms with van der Waals surface area (Å²) in [5, 5.41) is 3.58. The molecule has 2 aromatic rings. The smallest absolute Gasteiger partial charge is 0.244 e. The van der Waals surface area contributed by atoms with Crippen LogP contribution in [0.5, 0.6) is 0 Å². The number of nitrogens with one attached hydrogen (secondary N) is 1. The summed E-state index contributed by atoms with van der Waals surface area (Å²) in [6.07, 6.45) is 1.36. The van der Waals surface area contributed by atoms with E-state index in [0.29, 0.717) is 34.3 Å². The Bertz CT molecular complexity index is 1120. The van der Waals surface area contributed by atoms with Crippen molar-refractivity contribution >= 4 is 50.7 Å². The molecule has 0 fully saturated rings. The Labute approximate surface area is 218 Å². The van der Waals surface area contributed by atoms with Gasteiger partial charge in [0.05, 0.1) is 11.9 Å². The van der Waals surface area contributed by atoms with Crippen molar-refractivity contribution in [2.24, 2.45) is 5.92 Å². The van der Waals surface area contributed by atoms with Gasteiger partial charge in [0.25, 0.3) is 0 Å². The first-order valence-corrected chi connectivity index (χ1v) is 14.0. The molecule has 0 radical (unpaired) electrons. The zero-order valence-electron chi connectivity index (χ0n) is 20.7. The van der Waals surface area contributed by atoms with Crippen LogP contribution in [-0.2, 0) is 26.2 Å². The van der Waals surface area contributed by atoms with Gasteiger partial charge in [0.15, 0.2) is 0 Å². The van der Waals surface area contributed by atoms with Crippen LogP contribution in [0.1, 0.15) is 38.3 Å². The molecule has 0 bridgehead atoms. The number of benzene rings is 2. The van der Waals surface area contributed by atoms with Gasteiger partial charge in [0.2, 0.25) is 21.8 Å². The van der Waals surface area contributed by atoms with E-state index in [4.69, 9.17) is 23.2 Å². The standard InChI is InChI=1S/C25H33Cl2N3O4S/c1-6-23(25(32)28-14-17(2)3)29(15-20-21(26)8-7-9-22(20)27)24(31)16-30(35(5,33)34)19-12-10-18(4)11-13-19/h7-13,17,23H,6,14-16H2,1-5H3,(H,28,32)/t23-/m1/s1. The van der Waals surface area contributed by atoms with Gasteiger partial charge in [-0.15, -0.1) is 0 Å². The van der Waals surface area contributed by atoms with E-state index in [-0.39, 0.29) is 18.4 Å². The van der Waals surface area contributed by atoms with Crippen LogP contribution >= 0.6 is 23.2 Å². The summed E-state index contributed by atoms with van der Waals surface area (Å²) >= 11 is 12.7. The Kier molecular flexibility index (Phi) is 10.4. The molecule has 0 aliphatic heterocycles. The van der Waals surface area contributed by atoms with E-state index in [1.807, 2.05) is 20.8 Å². The molecule has 0 heterocycles. The molecule has 0 aliphatic carbocycles. The lowest BCUT2D eigenvalue weighted by Gasteiger charge is -2.33. The summed E-state index contributed by atoms with van der Waals surface area (Å²) in [4.78, 5) is 28.1. The van der Waals surface area contributed by atoms with Crippen LogP contribution in [0.2, 0.25) is 10.0 Å². The highest BCUT2D eigenvalue weighted by atomic mass is 35.5. The molecular formula is C25H33Cl2N3O4S. The Morgan fingerprint density at radius 2 is 1.60 bits per heavy atom. The Hall–Kier alpha value is -2.29. The molecule has 35 heavy (non-hydrogen) atoms. The van der Waals surface area contributed by atoms with E-state index >= 15 is 0 Å². The minimum absolute atomic E-state index is 0.0452. The molecule has 1 N–H and O–H groups in total. The third-order valence-corrected chi connectivity index (χ3v) is 7.31. The number of carbonyl (C=O) groups excluding carboxylic acids is 2. The van der Waals surface area contributed by atoms with Crippen LogP contribution in [0.25, 0.3) is 0 Å². The SMILES string of the molecule is CC[C@H](C(=O)NCC(C)C)N(Cc1c(Cl)cccc1Cl)C(=O)CN(c1ccc(C)cc1)S(C)(=O)=O. The molecule has 0 aromatic heterocycles. The predicted octanol–water partition coefficient (Wildman–Crippen LogP) is 4.65. The zero-order chi connectivity index (χ0) is 26.3. The van der Waals surface area contributed by atoms with Gasteiger partial charge >= 0.3 is 0 Å². The zero-order valence-corrected chi connectivity index (χ0v) is 23.0. The van der Waals surface area contributed by atoms with Crippen molar-refractivity contribution in [3.05, 3.63) is 63.6 Å². The minimum atomic E-state index is -3.79. The average molecular weight is 543 g/mol. The van der Waals surface area contributed by atoms with E-state index in [1.54, 1.807) is 49.4 Å². The summed E-state index contributed by atoms with van der Waals surface area (Å²) in [5.41, 5.74) is 1.80. The number of aryl methyl sites for hydroxylation is 1. The van der Waals surface area contributed by atoms with Gasteiger partial charge in [-0.05, 0) is 43.5 Å². The van der Waals surface area contributed by atoms with Crippen molar-refractivity contribution in [3.8, 4) is 0 Å². The highest BCUT2D eigenvalue weighted by Gasteiger charge is 2.32. The number of carbonyl (C=O) groups is 2. The third-order valence-electron chi connectivity index (χ3n) is 5.46. The van der Waals surface area contributed by atoms with Crippen LogP contribution in [0.4, 0.5) is 5.69 Å². The number of rotatable bonds is 11. The van der Waals surface area contributed by atoms with Gasteiger partial charge in [0.1, 0.15) is 12.6 Å². The van der Waals surface area contributed by atoms with Crippen molar-refractivity contribution in [2.75, 3.05) is 23.7 Å². The Balaban J connectivity index is 2.47. The number of anilines is 1. The molecule has 2 aromatic carbocycles. The fourth-order valence-corrected chi connectivity index (χ4v) is 4.89. The monoisotopic (exact) mass is 541 g/mol. The van der Waals surface area contributed by atoms with Crippen molar-refractivity contribution in [3.63, 3.8) is 0 Å². The molecule has 0 spiro atoms. The molecule has 0 saturated heterocycles. The predicted molar refractivity (Wildman–Crippen MR) is 142 cm³/mol. The maximum absolute atomic E-state index is 13.7. The first-order valence-electron chi connectivity index (χ1n) is 11.4. The second kappa shape index (κ2) is 12.6. The Morgan fingerprint density at radius 3 is 2.09 bits per heavy atom. The quantitative estimate of drug-likeness (QED) is 0.448. The van der Waals surface area contributed by atoms with Gasteiger partial charge in [-0.25, -0.2) is 8.42 Å². The lowest BCUT2D eigenvalue weighted by Crippen LogP contribution is -2.52. The Morgan fingerprint density at radius 1 is 1.03 bits per heavy atom. The second-order valence-electron chi connectivity index (χ2n) is 8.89. The maximum Gasteiger partial charge on any atom is 0.244 e. The van der Waals surface area contributed by atoms with Gasteiger partial charge in [-0.2, -0.15) is 0 Å². The van der Waals surface area contributed by atoms with Crippen LogP contribution in [0.3, 0.4) is 0 Å². The van der Waals surface area contributed by atoms with E-state index in [0.717, 1.165) is 16.1 Å². The number of halogens is 2. The lowest BCUT2D eigenvalue weighted by atomic mass is 10.1. The summed E-state index contributed by atoms with van der Waals surface area (Å²) < 4.78 is 26.3. The minimum Gasteiger partial charge on any atom is -0.354 e. The van der Waals surface area contributed by atoms with Crippen molar-refractivity contribution in [1.82, 2.24) is 10.2 Å². The highest BCUT2D eigenvalue weighted by Crippen LogP contribution is 2.27. The molecule has 0 saturated carbocycles. The van der Waals surface area contributed by atoms with E-state index in [9.17, 15) is 18.0 Å². The van der Waals surface area contributed by atoms with Crippen molar-refractivity contribution in [1.29, 1.82) is 0 Å². The molecule has 1 atom stereocenters. The molecule has 0 unspecified atom stereocenters. The summed E-state index contributed by atoms with van der Waals surface area (Å²) in [6.45, 7) is 7.55. The highest BCUT2D eigenvalue weighted by molar-refractivity contribution is 7.92. The van der Waals surface area contributed by atoms with E-state index in [1.165, 1.54) is 4.90 Å². The normalized spacial score (nSPS) is 12.3. The number of hydrogen-bond donors (Lipinski definition) is 1. The first-order chi connectivity index (χ1) is 16.3. The van der Waals surface area contributed by atoms with Crippen LogP contribution in [0.15, 0.2) is 42.5 Å². The van der Waals surface area contributed by atoms with Gasteiger partial charge < -0.3 is 10.2 Å². The van der Waals surface area contributed by atoms with Crippen molar-refractivity contribution in [2.45, 2.75) is 46.7 Å². The molecule has 2 amide bonds. The molecule has 2 rings (SSSR count). The average Bonchev–Trinajstić information content (AvgIpc) is 2.77. The van der Waals surface area contributed by atoms with Crippen LogP contribution in [0, 0.1) is 12.8 Å². The number of hydrogen-bond acceptors (Lipinski definition) is 4. The number of amides is 2. The molecule has 192 valence electrons. The van der Waals surface area contributed by atoms with Gasteiger partial charge in [-0.1, -0.05) is 67.7 Å². The summed E-state index contributed by atoms with van der Waals surface area (Å²) in [7, 11) is -3.79. The fraction of sp³-hybridized carbons (Fsp3) is 0.440. The molecule has 7 nitrogen and oxygen atoms in total. The third kappa shape index (κ3) is 8.12. The number of nitrogens with zero attached hydrogens (tertiary/aromatic N) is 2. The fourth-order valence-electron chi connectivity index (χ4n) is 3.52. The molecule has 10 heteroatoms. The van der Waals surface area contributed by atoms with Crippen LogP contribution in [-0.4, -0.2) is 50.5 Å². The molecule has 0 aliphatic rings. The van der Waals surface area contributed by atoms with Gasteiger partial charge in [0, 0.05) is 28.7 Å². The molecular weight excluding hydrogens is 509 g/mol. The van der Waals surface area contributed by atoms with E-state index < -0.39 is 28.5 Å². The van der Waals surface area contributed by atoms with Gasteiger partial charge in [-0.3, -0.25) is 13.9 Å².